The molecule has 0 aliphatic carbocycles. The second kappa shape index (κ2) is 6.72. The van der Waals surface area contributed by atoms with Crippen molar-refractivity contribution in [2.75, 3.05) is 11.1 Å². The molecule has 0 fully saturated rings. The largest absolute Gasteiger partial charge is 0.310 e. The highest BCUT2D eigenvalue weighted by molar-refractivity contribution is 7.99. The first-order chi connectivity index (χ1) is 10.8. The van der Waals surface area contributed by atoms with E-state index < -0.39 is 0 Å². The summed E-state index contributed by atoms with van der Waals surface area (Å²) in [5.74, 6) is 0.926. The van der Waals surface area contributed by atoms with Gasteiger partial charge in [0.05, 0.1) is 5.75 Å². The van der Waals surface area contributed by atoms with E-state index >= 15 is 0 Å². The van der Waals surface area contributed by atoms with E-state index in [1.165, 1.54) is 35.4 Å². The maximum absolute atomic E-state index is 11.9. The zero-order valence-electron chi connectivity index (χ0n) is 11.2. The zero-order valence-corrected chi connectivity index (χ0v) is 12.0. The van der Waals surface area contributed by atoms with Gasteiger partial charge in [-0.05, 0) is 12.1 Å². The second-order valence-corrected chi connectivity index (χ2v) is 5.00. The number of carbonyl (C=O) groups is 1. The van der Waals surface area contributed by atoms with Crippen LogP contribution in [0.15, 0.2) is 48.4 Å². The molecule has 0 unspecified atom stereocenters. The Morgan fingerprint density at radius 2 is 2.27 bits per heavy atom. The average molecular weight is 314 g/mol. The molecule has 22 heavy (non-hydrogen) atoms. The first-order valence-electron chi connectivity index (χ1n) is 6.18. The summed E-state index contributed by atoms with van der Waals surface area (Å²) < 4.78 is 1.48. The van der Waals surface area contributed by atoms with Crippen LogP contribution in [-0.4, -0.2) is 46.6 Å². The molecule has 3 heterocycles. The lowest BCUT2D eigenvalue weighted by Crippen LogP contribution is -2.15. The van der Waals surface area contributed by atoms with Crippen LogP contribution in [0.3, 0.4) is 0 Å². The predicted octanol–water partition coefficient (Wildman–Crippen LogP) is 0.578. The normalized spacial score (nSPS) is 10.4. The highest BCUT2D eigenvalue weighted by atomic mass is 32.2. The van der Waals surface area contributed by atoms with Crippen molar-refractivity contribution in [3.63, 3.8) is 0 Å². The molecule has 1 N–H and O–H groups in total. The Hall–Kier alpha value is -2.88. The fraction of sp³-hybridized carbons (Fsp3) is 0.0833. The van der Waals surface area contributed by atoms with Gasteiger partial charge in [-0.3, -0.25) is 4.79 Å². The van der Waals surface area contributed by atoms with Gasteiger partial charge in [0.15, 0.2) is 5.82 Å². The number of hydrogen-bond acceptors (Lipinski definition) is 8. The molecular weight excluding hydrogens is 304 g/mol. The molecule has 1 amide bonds. The molecule has 3 aromatic heterocycles. The zero-order chi connectivity index (χ0) is 15.2. The van der Waals surface area contributed by atoms with Crippen LogP contribution in [0, 0.1) is 0 Å². The number of amides is 1. The number of aromatic nitrogens is 7. The second-order valence-electron chi connectivity index (χ2n) is 4.00. The van der Waals surface area contributed by atoms with E-state index in [-0.39, 0.29) is 11.7 Å². The van der Waals surface area contributed by atoms with Crippen molar-refractivity contribution in [1.29, 1.82) is 0 Å². The van der Waals surface area contributed by atoms with Crippen LogP contribution in [0.25, 0.3) is 5.82 Å². The summed E-state index contributed by atoms with van der Waals surface area (Å²) in [4.78, 5) is 23.8. The van der Waals surface area contributed by atoms with Crippen molar-refractivity contribution < 1.29 is 4.79 Å². The minimum absolute atomic E-state index is 0.195. The third-order valence-corrected chi connectivity index (χ3v) is 3.39. The summed E-state index contributed by atoms with van der Waals surface area (Å²) >= 11 is 1.29. The summed E-state index contributed by atoms with van der Waals surface area (Å²) in [6.07, 6.45) is 5.84. The molecule has 0 aromatic carbocycles. The van der Waals surface area contributed by atoms with Crippen LogP contribution < -0.4 is 5.32 Å². The minimum atomic E-state index is -0.195. The van der Waals surface area contributed by atoms with Crippen molar-refractivity contribution in [2.45, 2.75) is 5.03 Å². The number of hydrogen-bond donors (Lipinski definition) is 1. The van der Waals surface area contributed by atoms with Crippen LogP contribution in [0.1, 0.15) is 0 Å². The topological polar surface area (TPSA) is 111 Å². The monoisotopic (exact) mass is 314 g/mol. The summed E-state index contributed by atoms with van der Waals surface area (Å²) in [6.45, 7) is 0. The van der Waals surface area contributed by atoms with Crippen LogP contribution in [0.5, 0.6) is 0 Å². The fourth-order valence-electron chi connectivity index (χ4n) is 1.55. The third kappa shape index (κ3) is 3.61. The first kappa shape index (κ1) is 14.1. The van der Waals surface area contributed by atoms with Gasteiger partial charge in [-0.1, -0.05) is 11.8 Å². The maximum Gasteiger partial charge on any atom is 0.235 e. The van der Waals surface area contributed by atoms with Gasteiger partial charge < -0.3 is 5.32 Å². The quantitative estimate of drug-likeness (QED) is 0.681. The Morgan fingerprint density at radius 3 is 3.05 bits per heavy atom. The standard InChI is InChI=1S/C12H10N8OS/c21-11(5-22-12-2-1-3-16-19-12)18-9-4-10(15-7-14-9)20-8-13-6-17-20/h1-4,6-8H,5H2,(H,14,15,18,21). The summed E-state index contributed by atoms with van der Waals surface area (Å²) in [6, 6.07) is 5.17. The van der Waals surface area contributed by atoms with Gasteiger partial charge in [0.2, 0.25) is 5.91 Å². The maximum atomic E-state index is 11.9. The molecule has 0 radical (unpaired) electrons. The number of anilines is 1. The van der Waals surface area contributed by atoms with E-state index in [4.69, 9.17) is 0 Å². The Kier molecular flexibility index (Phi) is 4.30. The molecule has 0 aliphatic rings. The number of thioether (sulfide) groups is 1. The molecule has 110 valence electrons. The van der Waals surface area contributed by atoms with Crippen LogP contribution in [0.2, 0.25) is 0 Å². The first-order valence-corrected chi connectivity index (χ1v) is 7.17. The molecule has 3 aromatic rings. The van der Waals surface area contributed by atoms with E-state index in [9.17, 15) is 4.79 Å². The van der Waals surface area contributed by atoms with Gasteiger partial charge in [-0.2, -0.15) is 10.2 Å². The van der Waals surface area contributed by atoms with E-state index in [1.807, 2.05) is 0 Å². The molecule has 10 heteroatoms. The summed E-state index contributed by atoms with van der Waals surface area (Å²) in [7, 11) is 0. The molecule has 0 saturated carbocycles. The third-order valence-electron chi connectivity index (χ3n) is 2.47. The average Bonchev–Trinajstić information content (AvgIpc) is 3.09. The van der Waals surface area contributed by atoms with E-state index in [1.54, 1.807) is 24.4 Å². The minimum Gasteiger partial charge on any atom is -0.310 e. The van der Waals surface area contributed by atoms with Crippen molar-refractivity contribution >= 4 is 23.5 Å². The van der Waals surface area contributed by atoms with Gasteiger partial charge in [-0.15, -0.1) is 5.10 Å². The van der Waals surface area contributed by atoms with Gasteiger partial charge in [0.1, 0.15) is 29.8 Å². The van der Waals surface area contributed by atoms with E-state index in [0.717, 1.165) is 0 Å². The molecule has 9 nitrogen and oxygen atoms in total. The number of carbonyl (C=O) groups excluding carboxylic acids is 1. The number of nitrogens with zero attached hydrogens (tertiary/aromatic N) is 7. The van der Waals surface area contributed by atoms with Gasteiger partial charge in [-0.25, -0.2) is 19.6 Å². The lowest BCUT2D eigenvalue weighted by atomic mass is 10.5. The van der Waals surface area contributed by atoms with E-state index in [0.29, 0.717) is 16.7 Å². The van der Waals surface area contributed by atoms with E-state index in [2.05, 4.69) is 35.6 Å². The molecule has 3 rings (SSSR count). The molecular formula is C12H10N8OS. The molecule has 0 aliphatic heterocycles. The van der Waals surface area contributed by atoms with Crippen molar-refractivity contribution in [1.82, 2.24) is 34.9 Å². The molecule has 0 bridgehead atoms. The Labute approximate surface area is 129 Å². The SMILES string of the molecule is O=C(CSc1cccnn1)Nc1cc(-n2cncn2)ncn1. The molecule has 0 spiro atoms. The number of rotatable bonds is 5. The lowest BCUT2D eigenvalue weighted by Gasteiger charge is -2.05. The Balaban J connectivity index is 1.61. The lowest BCUT2D eigenvalue weighted by molar-refractivity contribution is -0.113. The smallest absolute Gasteiger partial charge is 0.235 e. The van der Waals surface area contributed by atoms with Crippen molar-refractivity contribution in [3.8, 4) is 5.82 Å². The van der Waals surface area contributed by atoms with Gasteiger partial charge >= 0.3 is 0 Å². The van der Waals surface area contributed by atoms with Crippen molar-refractivity contribution in [2.24, 2.45) is 0 Å². The van der Waals surface area contributed by atoms with Gasteiger partial charge in [0.25, 0.3) is 0 Å². The van der Waals surface area contributed by atoms with Crippen LogP contribution in [-0.2, 0) is 4.79 Å². The Morgan fingerprint density at radius 1 is 1.32 bits per heavy atom. The van der Waals surface area contributed by atoms with Crippen LogP contribution in [0.4, 0.5) is 5.82 Å². The van der Waals surface area contributed by atoms with Gasteiger partial charge in [0, 0.05) is 12.3 Å². The summed E-state index contributed by atoms with van der Waals surface area (Å²) in [5, 5.41) is 15.0. The van der Waals surface area contributed by atoms with Crippen LogP contribution >= 0.6 is 11.8 Å². The molecule has 0 atom stereocenters. The van der Waals surface area contributed by atoms with Crippen molar-refractivity contribution in [3.05, 3.63) is 43.4 Å². The predicted molar refractivity (Wildman–Crippen MR) is 78.3 cm³/mol. The summed E-state index contributed by atoms with van der Waals surface area (Å²) in [5.41, 5.74) is 0. The highest BCUT2D eigenvalue weighted by Gasteiger charge is 2.07. The highest BCUT2D eigenvalue weighted by Crippen LogP contribution is 2.14. The Bertz CT molecular complexity index is 749. The fourth-order valence-corrected chi connectivity index (χ4v) is 2.18. The number of nitrogens with one attached hydrogen (secondary N) is 1. The molecule has 0 saturated heterocycles.